The first-order valence-electron chi connectivity index (χ1n) is 11.5. The van der Waals surface area contributed by atoms with Gasteiger partial charge in [0.25, 0.3) is 0 Å². The molecule has 176 valence electrons. The third-order valence-corrected chi connectivity index (χ3v) is 5.82. The monoisotopic (exact) mass is 459 g/mol. The maximum Gasteiger partial charge on any atom is 0.231 e. The van der Waals surface area contributed by atoms with Crippen LogP contribution >= 0.6 is 0 Å². The highest BCUT2D eigenvalue weighted by Crippen LogP contribution is 2.27. The van der Waals surface area contributed by atoms with Crippen molar-refractivity contribution in [3.63, 3.8) is 0 Å². The van der Waals surface area contributed by atoms with Gasteiger partial charge in [0.15, 0.2) is 17.0 Å². The second-order valence-corrected chi connectivity index (χ2v) is 8.20. The average molecular weight is 460 g/mol. The van der Waals surface area contributed by atoms with E-state index in [-0.39, 0.29) is 0 Å². The number of benzene rings is 2. The summed E-state index contributed by atoms with van der Waals surface area (Å²) in [4.78, 5) is 14.3. The first kappa shape index (κ1) is 22.1. The molecule has 1 aliphatic heterocycles. The van der Waals surface area contributed by atoms with Crippen LogP contribution in [0.5, 0.6) is 5.75 Å². The third kappa shape index (κ3) is 5.11. The Morgan fingerprint density at radius 2 is 1.91 bits per heavy atom. The summed E-state index contributed by atoms with van der Waals surface area (Å²) in [5.74, 6) is 2.01. The SMILES string of the molecule is COCCOc1ccc(Nc2nc(NCc3ccccc3)c3ncn([C@@H]4CCNC4)c3n2)cc1. The second-order valence-electron chi connectivity index (χ2n) is 8.20. The molecule has 0 spiro atoms. The summed E-state index contributed by atoms with van der Waals surface area (Å²) in [6, 6.07) is 18.3. The van der Waals surface area contributed by atoms with Gasteiger partial charge >= 0.3 is 0 Å². The topological polar surface area (TPSA) is 98.2 Å². The number of aromatic nitrogens is 4. The molecule has 3 N–H and O–H groups in total. The van der Waals surface area contributed by atoms with E-state index < -0.39 is 0 Å². The molecular weight excluding hydrogens is 430 g/mol. The van der Waals surface area contributed by atoms with Gasteiger partial charge < -0.3 is 30.0 Å². The number of ether oxygens (including phenoxy) is 2. The van der Waals surface area contributed by atoms with E-state index in [0.29, 0.717) is 37.6 Å². The predicted octanol–water partition coefficient (Wildman–Crippen LogP) is 3.74. The van der Waals surface area contributed by atoms with Gasteiger partial charge in [-0.1, -0.05) is 30.3 Å². The zero-order valence-electron chi connectivity index (χ0n) is 19.2. The van der Waals surface area contributed by atoms with E-state index in [9.17, 15) is 0 Å². The van der Waals surface area contributed by atoms with Crippen molar-refractivity contribution in [3.05, 3.63) is 66.5 Å². The Hall–Kier alpha value is -3.69. The van der Waals surface area contributed by atoms with Crippen molar-refractivity contribution in [2.45, 2.75) is 19.0 Å². The van der Waals surface area contributed by atoms with E-state index >= 15 is 0 Å². The normalized spacial score (nSPS) is 15.5. The van der Waals surface area contributed by atoms with Crippen LogP contribution in [0.15, 0.2) is 60.9 Å². The Kier molecular flexibility index (Phi) is 6.83. The minimum absolute atomic E-state index is 0.332. The van der Waals surface area contributed by atoms with E-state index in [1.165, 1.54) is 5.56 Å². The summed E-state index contributed by atoms with van der Waals surface area (Å²) in [7, 11) is 1.66. The Balaban J connectivity index is 1.41. The molecule has 0 amide bonds. The van der Waals surface area contributed by atoms with Crippen molar-refractivity contribution in [2.24, 2.45) is 0 Å². The lowest BCUT2D eigenvalue weighted by atomic mass is 10.2. The van der Waals surface area contributed by atoms with Gasteiger partial charge in [0.05, 0.1) is 19.0 Å². The van der Waals surface area contributed by atoms with Crippen LogP contribution in [0.2, 0.25) is 0 Å². The number of nitrogens with one attached hydrogen (secondary N) is 3. The van der Waals surface area contributed by atoms with Crippen LogP contribution in [-0.4, -0.2) is 52.9 Å². The Bertz CT molecular complexity index is 1210. The maximum absolute atomic E-state index is 5.65. The molecule has 0 radical (unpaired) electrons. The molecule has 1 fully saturated rings. The molecule has 1 saturated heterocycles. The number of rotatable bonds is 10. The van der Waals surface area contributed by atoms with Crippen molar-refractivity contribution in [3.8, 4) is 5.75 Å². The quantitative estimate of drug-likeness (QED) is 0.309. The van der Waals surface area contributed by atoms with Crippen molar-refractivity contribution in [1.29, 1.82) is 0 Å². The largest absolute Gasteiger partial charge is 0.491 e. The fourth-order valence-electron chi connectivity index (χ4n) is 4.03. The molecule has 2 aromatic carbocycles. The Morgan fingerprint density at radius 1 is 1.06 bits per heavy atom. The van der Waals surface area contributed by atoms with Crippen LogP contribution in [0.1, 0.15) is 18.0 Å². The fourth-order valence-corrected chi connectivity index (χ4v) is 4.03. The summed E-state index contributed by atoms with van der Waals surface area (Å²) in [5, 5.41) is 10.2. The van der Waals surface area contributed by atoms with Gasteiger partial charge in [-0.3, -0.25) is 0 Å². The fraction of sp³-hybridized carbons (Fsp3) is 0.320. The molecule has 0 aliphatic carbocycles. The summed E-state index contributed by atoms with van der Waals surface area (Å²) in [6.07, 6.45) is 2.93. The number of nitrogens with zero attached hydrogens (tertiary/aromatic N) is 4. The van der Waals surface area contributed by atoms with E-state index in [1.54, 1.807) is 7.11 Å². The lowest BCUT2D eigenvalue weighted by Gasteiger charge is -2.14. The molecule has 5 rings (SSSR count). The first-order chi connectivity index (χ1) is 16.8. The second kappa shape index (κ2) is 10.5. The summed E-state index contributed by atoms with van der Waals surface area (Å²) in [6.45, 7) is 3.63. The molecule has 4 aromatic rings. The Labute approximate surface area is 198 Å². The molecule has 0 saturated carbocycles. The van der Waals surface area contributed by atoms with Crippen molar-refractivity contribution in [2.75, 3.05) is 44.0 Å². The number of hydrogen-bond acceptors (Lipinski definition) is 8. The highest BCUT2D eigenvalue weighted by Gasteiger charge is 2.21. The number of fused-ring (bicyclic) bond motifs is 1. The van der Waals surface area contributed by atoms with Gasteiger partial charge in [0.1, 0.15) is 12.4 Å². The summed E-state index contributed by atoms with van der Waals surface area (Å²) >= 11 is 0. The van der Waals surface area contributed by atoms with Gasteiger partial charge in [0.2, 0.25) is 5.95 Å². The zero-order valence-corrected chi connectivity index (χ0v) is 19.2. The summed E-state index contributed by atoms with van der Waals surface area (Å²) in [5.41, 5.74) is 3.64. The van der Waals surface area contributed by atoms with Crippen LogP contribution in [0.25, 0.3) is 11.2 Å². The molecule has 9 heteroatoms. The average Bonchev–Trinajstić information content (AvgIpc) is 3.54. The first-order valence-corrected chi connectivity index (χ1v) is 11.5. The van der Waals surface area contributed by atoms with Crippen molar-refractivity contribution < 1.29 is 9.47 Å². The molecule has 9 nitrogen and oxygen atoms in total. The summed E-state index contributed by atoms with van der Waals surface area (Å²) < 4.78 is 12.8. The molecular formula is C25H29N7O2. The number of imidazole rings is 1. The Morgan fingerprint density at radius 3 is 2.68 bits per heavy atom. The van der Waals surface area contributed by atoms with Crippen LogP contribution < -0.4 is 20.7 Å². The number of hydrogen-bond donors (Lipinski definition) is 3. The highest BCUT2D eigenvalue weighted by molar-refractivity contribution is 5.85. The van der Waals surface area contributed by atoms with E-state index in [2.05, 4.69) is 37.6 Å². The lowest BCUT2D eigenvalue weighted by molar-refractivity contribution is 0.146. The predicted molar refractivity (Wildman–Crippen MR) is 133 cm³/mol. The molecule has 1 atom stereocenters. The molecule has 0 bridgehead atoms. The van der Waals surface area contributed by atoms with Crippen molar-refractivity contribution in [1.82, 2.24) is 24.8 Å². The van der Waals surface area contributed by atoms with Gasteiger partial charge in [-0.2, -0.15) is 9.97 Å². The third-order valence-electron chi connectivity index (χ3n) is 5.82. The molecule has 34 heavy (non-hydrogen) atoms. The van der Waals surface area contributed by atoms with Crippen LogP contribution in [-0.2, 0) is 11.3 Å². The maximum atomic E-state index is 5.65. The van der Waals surface area contributed by atoms with Crippen molar-refractivity contribution >= 4 is 28.6 Å². The zero-order chi connectivity index (χ0) is 23.2. The molecule has 1 aliphatic rings. The van der Waals surface area contributed by atoms with Gasteiger partial charge in [-0.05, 0) is 42.8 Å². The van der Waals surface area contributed by atoms with Gasteiger partial charge in [-0.25, -0.2) is 4.98 Å². The highest BCUT2D eigenvalue weighted by atomic mass is 16.5. The van der Waals surface area contributed by atoms with Crippen LogP contribution in [0, 0.1) is 0 Å². The van der Waals surface area contributed by atoms with Gasteiger partial charge in [-0.15, -0.1) is 0 Å². The van der Waals surface area contributed by atoms with E-state index in [0.717, 1.165) is 42.1 Å². The molecule has 3 heterocycles. The lowest BCUT2D eigenvalue weighted by Crippen LogP contribution is -2.13. The van der Waals surface area contributed by atoms with Crippen LogP contribution in [0.3, 0.4) is 0 Å². The molecule has 2 aromatic heterocycles. The standard InChI is InChI=1S/C25H29N7O2/c1-33-13-14-34-21-9-7-19(8-10-21)29-25-30-23(27-15-18-5-3-2-4-6-18)22-24(31-25)32(17-28-22)20-11-12-26-16-20/h2-10,17,20,26H,11-16H2,1H3,(H2,27,29,30,31)/t20-/m1/s1. The van der Waals surface area contributed by atoms with Crippen LogP contribution in [0.4, 0.5) is 17.5 Å². The number of methoxy groups -OCH3 is 1. The number of anilines is 3. The molecule has 0 unspecified atom stereocenters. The van der Waals surface area contributed by atoms with E-state index in [1.807, 2.05) is 48.8 Å². The van der Waals surface area contributed by atoms with Gasteiger partial charge in [0, 0.05) is 25.9 Å². The minimum Gasteiger partial charge on any atom is -0.491 e. The smallest absolute Gasteiger partial charge is 0.231 e. The minimum atomic E-state index is 0.332. The van der Waals surface area contributed by atoms with E-state index in [4.69, 9.17) is 19.4 Å².